The summed E-state index contributed by atoms with van der Waals surface area (Å²) in [6, 6.07) is 0. The van der Waals surface area contributed by atoms with Crippen LogP contribution < -0.4 is 0 Å². The van der Waals surface area contributed by atoms with Crippen LogP contribution in [0, 0.1) is 0 Å². The lowest BCUT2D eigenvalue weighted by Gasteiger charge is -2.09. The molecule has 0 aliphatic carbocycles. The Morgan fingerprint density at radius 1 is 1.31 bits per heavy atom. The van der Waals surface area contributed by atoms with Crippen LogP contribution >= 0.6 is 22.6 Å². The Balaban J connectivity index is 3.78. The van der Waals surface area contributed by atoms with E-state index in [1.807, 2.05) is 0 Å². The van der Waals surface area contributed by atoms with E-state index in [2.05, 4.69) is 9.47 Å². The number of esters is 2. The molecule has 0 aromatic heterocycles. The Labute approximate surface area is 104 Å². The molecule has 0 spiro atoms. The van der Waals surface area contributed by atoms with E-state index in [9.17, 15) is 22.8 Å². The quantitative estimate of drug-likeness (QED) is 0.430. The van der Waals surface area contributed by atoms with Gasteiger partial charge in [-0.25, -0.2) is 4.79 Å². The molecule has 0 heterocycles. The first-order valence-electron chi connectivity index (χ1n) is 4.29. The zero-order valence-electron chi connectivity index (χ0n) is 8.34. The summed E-state index contributed by atoms with van der Waals surface area (Å²) >= 11 is 1.81. The third-order valence-corrected chi connectivity index (χ3v) is 2.73. The van der Waals surface area contributed by atoms with Gasteiger partial charge in [-0.1, -0.05) is 29.5 Å². The first-order chi connectivity index (χ1) is 7.26. The highest BCUT2D eigenvalue weighted by Gasteiger charge is 2.29. The van der Waals surface area contributed by atoms with Gasteiger partial charge >= 0.3 is 18.1 Å². The van der Waals surface area contributed by atoms with Crippen LogP contribution in [-0.2, 0) is 19.1 Å². The molecule has 16 heavy (non-hydrogen) atoms. The third-order valence-electron chi connectivity index (χ3n) is 1.34. The highest BCUT2D eigenvalue weighted by atomic mass is 127. The summed E-state index contributed by atoms with van der Waals surface area (Å²) in [6.45, 7) is -0.737. The summed E-state index contributed by atoms with van der Waals surface area (Å²) in [5, 5.41) is 0. The van der Waals surface area contributed by atoms with Crippen LogP contribution in [-0.4, -0.2) is 35.3 Å². The molecule has 0 aliphatic rings. The van der Waals surface area contributed by atoms with Gasteiger partial charge in [0.05, 0.1) is 0 Å². The normalized spacial score (nSPS) is 13.1. The van der Waals surface area contributed by atoms with Gasteiger partial charge in [0.15, 0.2) is 13.2 Å². The van der Waals surface area contributed by atoms with Gasteiger partial charge in [0, 0.05) is 0 Å². The number of carbonyl (C=O) groups is 2. The molecule has 1 atom stereocenters. The fraction of sp³-hybridized carbons (Fsp3) is 0.750. The van der Waals surface area contributed by atoms with Crippen LogP contribution in [0.4, 0.5) is 13.2 Å². The summed E-state index contributed by atoms with van der Waals surface area (Å²) in [6.07, 6.45) is -4.06. The average molecular weight is 354 g/mol. The molecule has 0 aliphatic heterocycles. The monoisotopic (exact) mass is 354 g/mol. The topological polar surface area (TPSA) is 52.6 Å². The largest absolute Gasteiger partial charge is 0.454 e. The number of carbonyl (C=O) groups excluding carboxylic acids is 2. The average Bonchev–Trinajstić information content (AvgIpc) is 2.20. The molecule has 4 nitrogen and oxygen atoms in total. The summed E-state index contributed by atoms with van der Waals surface area (Å²) in [5.74, 6) is -1.86. The molecule has 94 valence electrons. The van der Waals surface area contributed by atoms with Crippen LogP contribution in [0.15, 0.2) is 0 Å². The SMILES string of the molecule is CCC(I)C(=O)OCC(=O)OCC(F)(F)F. The summed E-state index contributed by atoms with van der Waals surface area (Å²) in [4.78, 5) is 21.7. The molecule has 8 heteroatoms. The van der Waals surface area contributed by atoms with Crippen LogP contribution in [0.2, 0.25) is 0 Å². The Morgan fingerprint density at radius 3 is 2.31 bits per heavy atom. The molecule has 0 N–H and O–H groups in total. The van der Waals surface area contributed by atoms with E-state index in [1.54, 1.807) is 29.5 Å². The van der Waals surface area contributed by atoms with Crippen molar-refractivity contribution in [2.24, 2.45) is 0 Å². The molecule has 0 aromatic carbocycles. The minimum atomic E-state index is -4.57. The van der Waals surface area contributed by atoms with Gasteiger partial charge in [0.25, 0.3) is 0 Å². The minimum absolute atomic E-state index is 0.423. The van der Waals surface area contributed by atoms with Crippen molar-refractivity contribution < 1.29 is 32.2 Å². The Bertz CT molecular complexity index is 254. The van der Waals surface area contributed by atoms with Crippen LogP contribution in [0.25, 0.3) is 0 Å². The van der Waals surface area contributed by atoms with Crippen molar-refractivity contribution in [1.29, 1.82) is 0 Å². The number of rotatable bonds is 5. The van der Waals surface area contributed by atoms with Crippen molar-refractivity contribution in [3.63, 3.8) is 0 Å². The lowest BCUT2D eigenvalue weighted by atomic mass is 10.3. The summed E-state index contributed by atoms with van der Waals surface area (Å²) < 4.78 is 42.7. The lowest BCUT2D eigenvalue weighted by molar-refractivity contribution is -0.189. The van der Waals surface area contributed by atoms with E-state index < -0.39 is 35.3 Å². The van der Waals surface area contributed by atoms with Crippen molar-refractivity contribution in [3.05, 3.63) is 0 Å². The highest BCUT2D eigenvalue weighted by molar-refractivity contribution is 14.1. The fourth-order valence-corrected chi connectivity index (χ4v) is 0.771. The zero-order chi connectivity index (χ0) is 12.8. The van der Waals surface area contributed by atoms with E-state index in [0.29, 0.717) is 6.42 Å². The predicted octanol–water partition coefficient (Wildman–Crippen LogP) is 1.85. The van der Waals surface area contributed by atoms with Crippen LogP contribution in [0.5, 0.6) is 0 Å². The number of halogens is 4. The molecule has 0 aromatic rings. The Kier molecular flexibility index (Phi) is 6.68. The number of hydrogen-bond donors (Lipinski definition) is 0. The van der Waals surface area contributed by atoms with Crippen molar-refractivity contribution >= 4 is 34.5 Å². The third kappa shape index (κ3) is 7.71. The van der Waals surface area contributed by atoms with Crippen LogP contribution in [0.3, 0.4) is 0 Å². The van der Waals surface area contributed by atoms with Gasteiger partial charge in [-0.15, -0.1) is 0 Å². The fourth-order valence-electron chi connectivity index (χ4n) is 0.591. The Morgan fingerprint density at radius 2 is 1.88 bits per heavy atom. The van der Waals surface area contributed by atoms with E-state index in [1.165, 1.54) is 0 Å². The molecule has 0 fully saturated rings. The smallest absolute Gasteiger partial charge is 0.422 e. The zero-order valence-corrected chi connectivity index (χ0v) is 10.5. The second-order valence-electron chi connectivity index (χ2n) is 2.76. The van der Waals surface area contributed by atoms with Crippen LogP contribution in [0.1, 0.15) is 13.3 Å². The number of alkyl halides is 4. The van der Waals surface area contributed by atoms with Crippen molar-refractivity contribution in [3.8, 4) is 0 Å². The van der Waals surface area contributed by atoms with Crippen molar-refractivity contribution in [2.75, 3.05) is 13.2 Å². The summed E-state index contributed by atoms with van der Waals surface area (Å²) in [5.41, 5.74) is 0. The number of ether oxygens (including phenoxy) is 2. The van der Waals surface area contributed by atoms with E-state index >= 15 is 0 Å². The predicted molar refractivity (Wildman–Crippen MR) is 56.1 cm³/mol. The maximum atomic E-state index is 11.6. The standard InChI is InChI=1S/C8H10F3IO4/c1-2-5(12)7(14)15-3-6(13)16-4-8(9,10)11/h5H,2-4H2,1H3. The van der Waals surface area contributed by atoms with Gasteiger partial charge in [0.1, 0.15) is 3.92 Å². The Hall–Kier alpha value is -0.540. The second-order valence-corrected chi connectivity index (χ2v) is 4.26. The first-order valence-corrected chi connectivity index (χ1v) is 5.54. The molecular formula is C8H10F3IO4. The maximum Gasteiger partial charge on any atom is 0.422 e. The van der Waals surface area contributed by atoms with E-state index in [-0.39, 0.29) is 0 Å². The molecule has 0 radical (unpaired) electrons. The summed E-state index contributed by atoms with van der Waals surface area (Å²) in [7, 11) is 0. The molecule has 0 bridgehead atoms. The second kappa shape index (κ2) is 6.92. The van der Waals surface area contributed by atoms with Crippen molar-refractivity contribution in [2.45, 2.75) is 23.4 Å². The van der Waals surface area contributed by atoms with Gasteiger partial charge < -0.3 is 9.47 Å². The van der Waals surface area contributed by atoms with Gasteiger partial charge in [-0.3, -0.25) is 4.79 Å². The van der Waals surface area contributed by atoms with Gasteiger partial charge in [-0.2, -0.15) is 13.2 Å². The minimum Gasteiger partial charge on any atom is -0.454 e. The molecular weight excluding hydrogens is 344 g/mol. The number of hydrogen-bond acceptors (Lipinski definition) is 4. The highest BCUT2D eigenvalue weighted by Crippen LogP contribution is 2.14. The maximum absolute atomic E-state index is 11.6. The van der Waals surface area contributed by atoms with Crippen molar-refractivity contribution in [1.82, 2.24) is 0 Å². The van der Waals surface area contributed by atoms with Gasteiger partial charge in [-0.05, 0) is 6.42 Å². The van der Waals surface area contributed by atoms with E-state index in [0.717, 1.165) is 0 Å². The van der Waals surface area contributed by atoms with E-state index in [4.69, 9.17) is 0 Å². The lowest BCUT2D eigenvalue weighted by Crippen LogP contribution is -2.25. The molecule has 0 saturated carbocycles. The molecule has 1 unspecified atom stereocenters. The first kappa shape index (κ1) is 15.5. The molecule has 0 saturated heterocycles. The molecule has 0 amide bonds. The molecule has 0 rings (SSSR count). The van der Waals surface area contributed by atoms with Gasteiger partial charge in [0.2, 0.25) is 0 Å².